The summed E-state index contributed by atoms with van der Waals surface area (Å²) < 4.78 is 4.59. The first kappa shape index (κ1) is 17.5. The lowest BCUT2D eigenvalue weighted by Crippen LogP contribution is -2.14. The lowest BCUT2D eigenvalue weighted by atomic mass is 10.1. The van der Waals surface area contributed by atoms with Gasteiger partial charge in [0.2, 0.25) is 5.91 Å². The number of carbonyl (C=O) groups is 2. The maximum absolute atomic E-state index is 12.0. The molecule has 1 amide bonds. The minimum Gasteiger partial charge on any atom is -0.469 e. The first-order chi connectivity index (χ1) is 11.0. The van der Waals surface area contributed by atoms with E-state index >= 15 is 0 Å². The summed E-state index contributed by atoms with van der Waals surface area (Å²) in [5, 5.41) is 4.98. The number of nitrogens with one attached hydrogen (secondary N) is 1. The van der Waals surface area contributed by atoms with E-state index in [-0.39, 0.29) is 18.3 Å². The van der Waals surface area contributed by atoms with Crippen LogP contribution in [0.4, 0.5) is 5.13 Å². The maximum Gasteiger partial charge on any atom is 0.311 e. The Kier molecular flexibility index (Phi) is 6.18. The van der Waals surface area contributed by atoms with Crippen molar-refractivity contribution in [3.8, 4) is 0 Å². The fraction of sp³-hybridized carbons (Fsp3) is 0.312. The quantitative estimate of drug-likeness (QED) is 0.640. The highest BCUT2D eigenvalue weighted by Crippen LogP contribution is 2.22. The molecule has 0 bridgehead atoms. The summed E-state index contributed by atoms with van der Waals surface area (Å²) in [5.74, 6) is -0.153. The number of thioether (sulfide) groups is 1. The molecule has 2 aromatic rings. The number of methoxy groups -OCH3 is 1. The van der Waals surface area contributed by atoms with E-state index in [1.165, 1.54) is 41.3 Å². The Morgan fingerprint density at radius 2 is 2.09 bits per heavy atom. The van der Waals surface area contributed by atoms with Gasteiger partial charge in [-0.2, -0.15) is 0 Å². The molecule has 0 saturated heterocycles. The molecule has 0 spiro atoms. The van der Waals surface area contributed by atoms with Crippen LogP contribution in [0.3, 0.4) is 0 Å². The van der Waals surface area contributed by atoms with Gasteiger partial charge in [0.25, 0.3) is 0 Å². The van der Waals surface area contributed by atoms with Gasteiger partial charge in [0.05, 0.1) is 25.0 Å². The number of ether oxygens (including phenoxy) is 1. The SMILES string of the molecule is COC(=O)Cc1csc(NC(=O)CSc2ccc(C)c(C)c2)n1. The second-order valence-corrected chi connectivity index (χ2v) is 6.89. The third-order valence-corrected chi connectivity index (χ3v) is 5.00. The molecular weight excluding hydrogens is 332 g/mol. The largest absolute Gasteiger partial charge is 0.469 e. The molecule has 1 heterocycles. The summed E-state index contributed by atoms with van der Waals surface area (Å²) in [5.41, 5.74) is 3.04. The molecule has 2 rings (SSSR count). The van der Waals surface area contributed by atoms with Gasteiger partial charge in [0.1, 0.15) is 0 Å². The molecule has 0 aliphatic rings. The van der Waals surface area contributed by atoms with Crippen LogP contribution in [0.15, 0.2) is 28.5 Å². The van der Waals surface area contributed by atoms with Crippen molar-refractivity contribution in [2.75, 3.05) is 18.2 Å². The van der Waals surface area contributed by atoms with E-state index in [1.54, 1.807) is 5.38 Å². The Bertz CT molecular complexity index is 713. The van der Waals surface area contributed by atoms with Gasteiger partial charge in [-0.05, 0) is 37.1 Å². The number of aryl methyl sites for hydroxylation is 2. The third-order valence-electron chi connectivity index (χ3n) is 3.20. The predicted octanol–water partition coefficient (Wildman–Crippen LogP) is 3.21. The molecule has 0 aliphatic carbocycles. The zero-order valence-corrected chi connectivity index (χ0v) is 14.8. The molecular formula is C16H18N2O3S2. The van der Waals surface area contributed by atoms with Crippen molar-refractivity contribution in [3.05, 3.63) is 40.4 Å². The first-order valence-corrected chi connectivity index (χ1v) is 8.85. The van der Waals surface area contributed by atoms with Gasteiger partial charge in [-0.3, -0.25) is 9.59 Å². The van der Waals surface area contributed by atoms with E-state index in [9.17, 15) is 9.59 Å². The summed E-state index contributed by atoms with van der Waals surface area (Å²) in [6.45, 7) is 4.11. The minimum atomic E-state index is -0.349. The Morgan fingerprint density at radius 1 is 1.30 bits per heavy atom. The minimum absolute atomic E-state index is 0.111. The van der Waals surface area contributed by atoms with Crippen molar-refractivity contribution < 1.29 is 14.3 Å². The Balaban J connectivity index is 1.85. The number of aromatic nitrogens is 1. The van der Waals surface area contributed by atoms with Gasteiger partial charge in [-0.1, -0.05) is 6.07 Å². The highest BCUT2D eigenvalue weighted by Gasteiger charge is 2.10. The van der Waals surface area contributed by atoms with Gasteiger partial charge in [0, 0.05) is 10.3 Å². The van der Waals surface area contributed by atoms with Gasteiger partial charge >= 0.3 is 5.97 Å². The monoisotopic (exact) mass is 350 g/mol. The zero-order chi connectivity index (χ0) is 16.8. The summed E-state index contributed by atoms with van der Waals surface area (Å²) in [6.07, 6.45) is 0.111. The van der Waals surface area contributed by atoms with Crippen LogP contribution in [0.5, 0.6) is 0 Å². The standard InChI is InChI=1S/C16H18N2O3S2/c1-10-4-5-13(6-11(10)2)22-9-14(19)18-16-17-12(8-23-16)7-15(20)21-3/h4-6,8H,7,9H2,1-3H3,(H,17,18,19). The van der Waals surface area contributed by atoms with Crippen molar-refractivity contribution in [1.29, 1.82) is 0 Å². The average molecular weight is 350 g/mol. The number of anilines is 1. The molecule has 23 heavy (non-hydrogen) atoms. The van der Waals surface area contributed by atoms with Crippen LogP contribution >= 0.6 is 23.1 Å². The van der Waals surface area contributed by atoms with Crippen molar-refractivity contribution in [2.45, 2.75) is 25.2 Å². The highest BCUT2D eigenvalue weighted by molar-refractivity contribution is 8.00. The topological polar surface area (TPSA) is 68.3 Å². The Hall–Kier alpha value is -1.86. The smallest absolute Gasteiger partial charge is 0.311 e. The van der Waals surface area contributed by atoms with E-state index < -0.39 is 0 Å². The number of thiazole rings is 1. The van der Waals surface area contributed by atoms with E-state index in [0.717, 1.165) is 4.90 Å². The van der Waals surface area contributed by atoms with Crippen molar-refractivity contribution in [1.82, 2.24) is 4.98 Å². The van der Waals surface area contributed by atoms with Crippen LogP contribution in [0.1, 0.15) is 16.8 Å². The third kappa shape index (κ3) is 5.37. The molecule has 0 radical (unpaired) electrons. The van der Waals surface area contributed by atoms with Crippen LogP contribution in [0, 0.1) is 13.8 Å². The van der Waals surface area contributed by atoms with Gasteiger partial charge in [-0.25, -0.2) is 4.98 Å². The molecule has 0 aliphatic heterocycles. The van der Waals surface area contributed by atoms with Crippen LogP contribution in [-0.2, 0) is 20.7 Å². The highest BCUT2D eigenvalue weighted by atomic mass is 32.2. The number of nitrogens with zero attached hydrogens (tertiary/aromatic N) is 1. The normalized spacial score (nSPS) is 10.4. The molecule has 0 saturated carbocycles. The molecule has 1 N–H and O–H groups in total. The molecule has 0 fully saturated rings. The summed E-state index contributed by atoms with van der Waals surface area (Å²) >= 11 is 2.78. The number of carbonyl (C=O) groups excluding carboxylic acids is 2. The molecule has 122 valence electrons. The van der Waals surface area contributed by atoms with E-state index in [2.05, 4.69) is 41.0 Å². The fourth-order valence-electron chi connectivity index (χ4n) is 1.77. The second kappa shape index (κ2) is 8.12. The van der Waals surface area contributed by atoms with Gasteiger partial charge in [0.15, 0.2) is 5.13 Å². The number of hydrogen-bond acceptors (Lipinski definition) is 6. The molecule has 1 aromatic heterocycles. The summed E-state index contributed by atoms with van der Waals surface area (Å²) in [6, 6.07) is 6.14. The van der Waals surface area contributed by atoms with Gasteiger partial charge < -0.3 is 10.1 Å². The van der Waals surface area contributed by atoms with E-state index in [0.29, 0.717) is 16.6 Å². The second-order valence-electron chi connectivity index (χ2n) is 4.98. The van der Waals surface area contributed by atoms with Crippen LogP contribution in [-0.4, -0.2) is 29.7 Å². The molecule has 0 atom stereocenters. The molecule has 0 unspecified atom stereocenters. The zero-order valence-electron chi connectivity index (χ0n) is 13.2. The maximum atomic E-state index is 12.0. The van der Waals surface area contributed by atoms with E-state index in [4.69, 9.17) is 0 Å². The number of esters is 1. The van der Waals surface area contributed by atoms with Crippen molar-refractivity contribution in [2.24, 2.45) is 0 Å². The molecule has 7 heteroatoms. The average Bonchev–Trinajstić information content (AvgIpc) is 2.95. The number of hydrogen-bond donors (Lipinski definition) is 1. The number of rotatable bonds is 6. The lowest BCUT2D eigenvalue weighted by Gasteiger charge is -2.05. The fourth-order valence-corrected chi connectivity index (χ4v) is 3.29. The summed E-state index contributed by atoms with van der Waals surface area (Å²) in [4.78, 5) is 28.4. The predicted molar refractivity (Wildman–Crippen MR) is 93.1 cm³/mol. The van der Waals surface area contributed by atoms with Crippen LogP contribution < -0.4 is 5.32 Å². The molecule has 5 nitrogen and oxygen atoms in total. The Morgan fingerprint density at radius 3 is 2.78 bits per heavy atom. The molecule has 1 aromatic carbocycles. The lowest BCUT2D eigenvalue weighted by molar-refractivity contribution is -0.139. The number of benzene rings is 1. The Labute approximate surface area is 143 Å². The van der Waals surface area contributed by atoms with Crippen molar-refractivity contribution in [3.63, 3.8) is 0 Å². The van der Waals surface area contributed by atoms with Gasteiger partial charge in [-0.15, -0.1) is 23.1 Å². The number of amides is 1. The first-order valence-electron chi connectivity index (χ1n) is 6.99. The van der Waals surface area contributed by atoms with Crippen LogP contribution in [0.25, 0.3) is 0 Å². The van der Waals surface area contributed by atoms with E-state index in [1.807, 2.05) is 6.07 Å². The van der Waals surface area contributed by atoms with Crippen molar-refractivity contribution >= 4 is 40.1 Å². The summed E-state index contributed by atoms with van der Waals surface area (Å²) in [7, 11) is 1.33. The van der Waals surface area contributed by atoms with Crippen LogP contribution in [0.2, 0.25) is 0 Å².